The van der Waals surface area contributed by atoms with Gasteiger partial charge in [-0.2, -0.15) is 5.10 Å². The number of hydrogen-bond donors (Lipinski definition) is 1. The fourth-order valence-corrected chi connectivity index (χ4v) is 2.46. The van der Waals surface area contributed by atoms with Crippen LogP contribution < -0.4 is 5.69 Å². The van der Waals surface area contributed by atoms with Crippen LogP contribution in [0.5, 0.6) is 0 Å². The lowest BCUT2D eigenvalue weighted by Crippen LogP contribution is -2.18. The van der Waals surface area contributed by atoms with Crippen molar-refractivity contribution in [1.82, 2.24) is 19.7 Å². The first-order chi connectivity index (χ1) is 10.8. The second-order valence-corrected chi connectivity index (χ2v) is 5.63. The predicted molar refractivity (Wildman–Crippen MR) is 79.7 cm³/mol. The molecule has 0 saturated heterocycles. The molecule has 2 aromatic heterocycles. The molecule has 1 aromatic carbocycles. The maximum absolute atomic E-state index is 12.0. The van der Waals surface area contributed by atoms with E-state index in [1.807, 2.05) is 30.3 Å². The van der Waals surface area contributed by atoms with Gasteiger partial charge >= 0.3 is 5.69 Å². The molecular formula is C16H16N4O2. The fourth-order valence-electron chi connectivity index (χ4n) is 2.46. The van der Waals surface area contributed by atoms with E-state index in [0.29, 0.717) is 24.1 Å². The van der Waals surface area contributed by atoms with Crippen molar-refractivity contribution in [2.45, 2.75) is 31.7 Å². The number of nitrogens with one attached hydrogen (secondary N) is 1. The second kappa shape index (κ2) is 5.29. The predicted octanol–water partition coefficient (Wildman–Crippen LogP) is 2.08. The Bertz CT molecular complexity index is 827. The summed E-state index contributed by atoms with van der Waals surface area (Å²) in [5, 5.41) is 4.32. The Morgan fingerprint density at radius 3 is 2.86 bits per heavy atom. The lowest BCUT2D eigenvalue weighted by molar-refractivity contribution is 0.430. The highest BCUT2D eigenvalue weighted by Crippen LogP contribution is 2.40. The summed E-state index contributed by atoms with van der Waals surface area (Å²) in [6.45, 7) is 0.261. The number of aromatic amines is 1. The van der Waals surface area contributed by atoms with Crippen molar-refractivity contribution in [2.24, 2.45) is 0 Å². The van der Waals surface area contributed by atoms with Crippen LogP contribution in [0.1, 0.15) is 41.8 Å². The average Bonchev–Trinajstić information content (AvgIpc) is 3.18. The molecular weight excluding hydrogens is 280 g/mol. The third kappa shape index (κ3) is 2.72. The molecule has 4 rings (SSSR count). The molecule has 3 aromatic rings. The van der Waals surface area contributed by atoms with Gasteiger partial charge in [-0.15, -0.1) is 0 Å². The van der Waals surface area contributed by atoms with Crippen molar-refractivity contribution in [1.29, 1.82) is 0 Å². The van der Waals surface area contributed by atoms with Gasteiger partial charge in [-0.25, -0.2) is 14.5 Å². The topological polar surface area (TPSA) is 76.7 Å². The van der Waals surface area contributed by atoms with Crippen LogP contribution >= 0.6 is 0 Å². The van der Waals surface area contributed by atoms with Crippen LogP contribution in [-0.2, 0) is 13.0 Å². The van der Waals surface area contributed by atoms with Crippen molar-refractivity contribution in [3.8, 4) is 0 Å². The van der Waals surface area contributed by atoms with Crippen molar-refractivity contribution in [2.75, 3.05) is 0 Å². The average molecular weight is 296 g/mol. The quantitative estimate of drug-likeness (QED) is 0.782. The maximum Gasteiger partial charge on any atom is 0.343 e. The normalized spacial score (nSPS) is 14.4. The molecule has 112 valence electrons. The summed E-state index contributed by atoms with van der Waals surface area (Å²) in [5.74, 6) is 2.61. The summed E-state index contributed by atoms with van der Waals surface area (Å²) in [6, 6.07) is 9.92. The number of hydrogen-bond acceptors (Lipinski definition) is 4. The summed E-state index contributed by atoms with van der Waals surface area (Å²) >= 11 is 0. The Morgan fingerprint density at radius 1 is 1.27 bits per heavy atom. The van der Waals surface area contributed by atoms with E-state index in [-0.39, 0.29) is 12.2 Å². The van der Waals surface area contributed by atoms with Crippen LogP contribution in [-0.4, -0.2) is 19.7 Å². The number of rotatable bonds is 5. The Balaban J connectivity index is 1.51. The first kappa shape index (κ1) is 13.1. The van der Waals surface area contributed by atoms with Crippen LogP contribution in [0.3, 0.4) is 0 Å². The molecule has 1 aliphatic rings. The Kier molecular flexibility index (Phi) is 3.14. The maximum atomic E-state index is 12.0. The van der Waals surface area contributed by atoms with Crippen LogP contribution in [0.15, 0.2) is 45.7 Å². The number of H-pyrrole nitrogens is 1. The van der Waals surface area contributed by atoms with Gasteiger partial charge in [-0.3, -0.25) is 4.98 Å². The first-order valence-electron chi connectivity index (χ1n) is 7.42. The van der Waals surface area contributed by atoms with E-state index in [1.165, 1.54) is 4.68 Å². The molecule has 0 bridgehead atoms. The van der Waals surface area contributed by atoms with Crippen molar-refractivity contribution in [3.63, 3.8) is 0 Å². The largest absolute Gasteiger partial charge is 0.443 e. The smallest absolute Gasteiger partial charge is 0.343 e. The van der Waals surface area contributed by atoms with Crippen molar-refractivity contribution in [3.05, 3.63) is 70.1 Å². The lowest BCUT2D eigenvalue weighted by Gasteiger charge is -1.97. The van der Waals surface area contributed by atoms with Crippen LogP contribution in [0, 0.1) is 0 Å². The first-order valence-corrected chi connectivity index (χ1v) is 7.42. The summed E-state index contributed by atoms with van der Waals surface area (Å²) < 4.78 is 7.03. The molecule has 22 heavy (non-hydrogen) atoms. The molecule has 0 unspecified atom stereocenters. The molecule has 6 heteroatoms. The molecule has 1 N–H and O–H groups in total. The highest BCUT2D eigenvalue weighted by Gasteiger charge is 2.27. The highest BCUT2D eigenvalue weighted by molar-refractivity contribution is 5.18. The van der Waals surface area contributed by atoms with Crippen molar-refractivity contribution >= 4 is 0 Å². The Morgan fingerprint density at radius 2 is 2.09 bits per heavy atom. The van der Waals surface area contributed by atoms with E-state index in [1.54, 1.807) is 6.20 Å². The third-order valence-electron chi connectivity index (χ3n) is 3.78. The molecule has 0 radical (unpaired) electrons. The molecule has 1 fully saturated rings. The van der Waals surface area contributed by atoms with Gasteiger partial charge < -0.3 is 4.42 Å². The molecule has 0 aliphatic heterocycles. The van der Waals surface area contributed by atoms with Crippen LogP contribution in [0.2, 0.25) is 0 Å². The third-order valence-corrected chi connectivity index (χ3v) is 3.78. The summed E-state index contributed by atoms with van der Waals surface area (Å²) in [6.07, 6.45) is 4.69. The van der Waals surface area contributed by atoms with Gasteiger partial charge in [0.1, 0.15) is 18.1 Å². The number of benzene rings is 1. The molecule has 1 aliphatic carbocycles. The second-order valence-electron chi connectivity index (χ2n) is 5.63. The van der Waals surface area contributed by atoms with E-state index in [2.05, 4.69) is 15.1 Å². The Hall–Kier alpha value is -2.63. The van der Waals surface area contributed by atoms with Crippen molar-refractivity contribution < 1.29 is 4.42 Å². The lowest BCUT2D eigenvalue weighted by atomic mass is 10.1. The minimum absolute atomic E-state index is 0.239. The van der Waals surface area contributed by atoms with E-state index < -0.39 is 0 Å². The number of oxazole rings is 1. The molecule has 6 nitrogen and oxygen atoms in total. The fraction of sp³-hybridized carbons (Fsp3) is 0.312. The number of nitrogens with zero attached hydrogens (tertiary/aromatic N) is 3. The summed E-state index contributed by atoms with van der Waals surface area (Å²) in [5.41, 5.74) is 0.868. The molecule has 2 heterocycles. The molecule has 0 spiro atoms. The van der Waals surface area contributed by atoms with Crippen LogP contribution in [0.25, 0.3) is 0 Å². The highest BCUT2D eigenvalue weighted by atomic mass is 16.4. The van der Waals surface area contributed by atoms with Gasteiger partial charge in [0.15, 0.2) is 0 Å². The van der Waals surface area contributed by atoms with Gasteiger partial charge in [0.2, 0.25) is 5.89 Å². The monoisotopic (exact) mass is 296 g/mol. The van der Waals surface area contributed by atoms with E-state index in [9.17, 15) is 4.79 Å². The summed E-state index contributed by atoms with van der Waals surface area (Å²) in [7, 11) is 0. The zero-order chi connectivity index (χ0) is 14.9. The van der Waals surface area contributed by atoms with Gasteiger partial charge in [0.05, 0.1) is 6.20 Å². The van der Waals surface area contributed by atoms with Gasteiger partial charge in [-0.1, -0.05) is 30.3 Å². The minimum atomic E-state index is -0.239. The zero-order valence-corrected chi connectivity index (χ0v) is 12.0. The number of aromatic nitrogens is 4. The van der Waals surface area contributed by atoms with Gasteiger partial charge in [-0.05, 0) is 18.4 Å². The molecule has 0 amide bonds. The van der Waals surface area contributed by atoms with E-state index in [0.717, 1.165) is 24.2 Å². The van der Waals surface area contributed by atoms with Crippen LogP contribution in [0.4, 0.5) is 0 Å². The van der Waals surface area contributed by atoms with E-state index in [4.69, 9.17) is 4.42 Å². The SMILES string of the molecule is O=c1[nH]c(Cc2ccccc2)nn1Cc1ncc(C2CC2)o1. The minimum Gasteiger partial charge on any atom is -0.443 e. The van der Waals surface area contributed by atoms with E-state index >= 15 is 0 Å². The van der Waals surface area contributed by atoms with Gasteiger partial charge in [0.25, 0.3) is 0 Å². The zero-order valence-electron chi connectivity index (χ0n) is 12.0. The Labute approximate surface area is 126 Å². The van der Waals surface area contributed by atoms with Gasteiger partial charge in [0, 0.05) is 12.3 Å². The molecule has 1 saturated carbocycles. The summed E-state index contributed by atoms with van der Waals surface area (Å²) in [4.78, 5) is 19.0. The molecule has 0 atom stereocenters. The standard InChI is InChI=1S/C16H16N4O2/c21-16-18-14(8-11-4-2-1-3-5-11)19-20(16)10-15-17-9-13(22-15)12-6-7-12/h1-5,9,12H,6-8,10H2,(H,18,19,21).